The summed E-state index contributed by atoms with van der Waals surface area (Å²) >= 11 is 0. The van der Waals surface area contributed by atoms with Crippen LogP contribution in [-0.2, 0) is 6.42 Å². The fraction of sp³-hybridized carbons (Fsp3) is 0.529. The van der Waals surface area contributed by atoms with Crippen LogP contribution in [0, 0.1) is 6.92 Å². The largest absolute Gasteiger partial charge is 0.0952 e. The maximum atomic E-state index is 4.20. The van der Waals surface area contributed by atoms with E-state index in [4.69, 9.17) is 0 Å². The van der Waals surface area contributed by atoms with Crippen molar-refractivity contribution in [2.75, 3.05) is 0 Å². The van der Waals surface area contributed by atoms with Gasteiger partial charge in [-0.3, -0.25) is 0 Å². The lowest BCUT2D eigenvalue weighted by atomic mass is 9.77. The van der Waals surface area contributed by atoms with E-state index < -0.39 is 0 Å². The molecule has 1 aromatic carbocycles. The first-order valence-electron chi connectivity index (χ1n) is 6.98. The first-order valence-corrected chi connectivity index (χ1v) is 6.98. The van der Waals surface area contributed by atoms with Gasteiger partial charge < -0.3 is 0 Å². The van der Waals surface area contributed by atoms with E-state index in [2.05, 4.69) is 39.5 Å². The lowest BCUT2D eigenvalue weighted by Crippen LogP contribution is -2.11. The van der Waals surface area contributed by atoms with Crippen LogP contribution in [0.15, 0.2) is 18.7 Å². The average molecular weight is 228 g/mol. The van der Waals surface area contributed by atoms with E-state index in [0.717, 1.165) is 18.8 Å². The van der Waals surface area contributed by atoms with Crippen LogP contribution in [0.25, 0.3) is 5.57 Å². The summed E-state index contributed by atoms with van der Waals surface area (Å²) in [6.07, 6.45) is 6.36. The molecule has 0 N–H and O–H groups in total. The van der Waals surface area contributed by atoms with Crippen LogP contribution in [0.1, 0.15) is 67.7 Å². The van der Waals surface area contributed by atoms with Crippen LogP contribution in [0.5, 0.6) is 0 Å². The molecule has 1 aromatic rings. The smallest absolute Gasteiger partial charge is 0.0159 e. The van der Waals surface area contributed by atoms with Crippen molar-refractivity contribution in [3.05, 3.63) is 41.0 Å². The van der Waals surface area contributed by atoms with Crippen molar-refractivity contribution in [3.8, 4) is 0 Å². The fourth-order valence-electron chi connectivity index (χ4n) is 2.74. The summed E-state index contributed by atoms with van der Waals surface area (Å²) < 4.78 is 0. The maximum Gasteiger partial charge on any atom is -0.0159 e. The van der Waals surface area contributed by atoms with Crippen LogP contribution in [-0.4, -0.2) is 0 Å². The number of hydrogen-bond donors (Lipinski definition) is 0. The van der Waals surface area contributed by atoms with Gasteiger partial charge in [-0.2, -0.15) is 0 Å². The van der Waals surface area contributed by atoms with E-state index >= 15 is 0 Å². The first-order chi connectivity index (χ1) is 8.17. The summed E-state index contributed by atoms with van der Waals surface area (Å²) in [5.41, 5.74) is 7.24. The van der Waals surface area contributed by atoms with Gasteiger partial charge in [-0.25, -0.2) is 0 Å². The summed E-state index contributed by atoms with van der Waals surface area (Å²) in [5.74, 6) is 0.837. The van der Waals surface area contributed by atoms with Crippen molar-refractivity contribution in [1.29, 1.82) is 0 Å². The second-order valence-electron chi connectivity index (χ2n) is 5.30. The molecule has 0 bridgehead atoms. The van der Waals surface area contributed by atoms with Gasteiger partial charge >= 0.3 is 0 Å². The normalized spacial score (nSPS) is 15.7. The maximum absolute atomic E-state index is 4.20. The van der Waals surface area contributed by atoms with Crippen LogP contribution in [0.3, 0.4) is 0 Å². The highest BCUT2D eigenvalue weighted by Gasteiger charge is 2.22. The Balaban J connectivity index is 2.42. The highest BCUT2D eigenvalue weighted by molar-refractivity contribution is 5.67. The van der Waals surface area contributed by atoms with Crippen molar-refractivity contribution in [1.82, 2.24) is 0 Å². The molecule has 1 fully saturated rings. The molecule has 0 nitrogen and oxygen atoms in total. The molecule has 92 valence electrons. The summed E-state index contributed by atoms with van der Waals surface area (Å²) in [5, 5.41) is 0. The van der Waals surface area contributed by atoms with Gasteiger partial charge in [-0.1, -0.05) is 39.0 Å². The quantitative estimate of drug-likeness (QED) is 0.660. The Morgan fingerprint density at radius 3 is 2.47 bits per heavy atom. The van der Waals surface area contributed by atoms with E-state index in [1.165, 1.54) is 41.5 Å². The summed E-state index contributed by atoms with van der Waals surface area (Å²) in [6.45, 7) is 10.9. The van der Waals surface area contributed by atoms with Crippen LogP contribution in [0.2, 0.25) is 0 Å². The SMILES string of the molecule is C=C(CC)c1cc(C)c(C2CCC2)cc1CC. The zero-order valence-electron chi connectivity index (χ0n) is 11.5. The lowest BCUT2D eigenvalue weighted by molar-refractivity contribution is 0.418. The number of hydrogen-bond acceptors (Lipinski definition) is 0. The van der Waals surface area contributed by atoms with E-state index in [1.807, 2.05) is 0 Å². The lowest BCUT2D eigenvalue weighted by Gasteiger charge is -2.28. The predicted molar refractivity (Wildman–Crippen MR) is 76.5 cm³/mol. The molecule has 0 aliphatic heterocycles. The molecule has 0 heteroatoms. The zero-order valence-corrected chi connectivity index (χ0v) is 11.5. The topological polar surface area (TPSA) is 0 Å². The molecule has 1 aliphatic carbocycles. The molecule has 2 rings (SSSR count). The van der Waals surface area contributed by atoms with E-state index in [0.29, 0.717) is 0 Å². The van der Waals surface area contributed by atoms with Gasteiger partial charge in [-0.15, -0.1) is 0 Å². The van der Waals surface area contributed by atoms with Crippen molar-refractivity contribution in [2.24, 2.45) is 0 Å². The van der Waals surface area contributed by atoms with E-state index in [1.54, 1.807) is 5.56 Å². The second-order valence-corrected chi connectivity index (χ2v) is 5.30. The number of aryl methyl sites for hydroxylation is 2. The molecule has 0 radical (unpaired) electrons. The van der Waals surface area contributed by atoms with Crippen LogP contribution < -0.4 is 0 Å². The first kappa shape index (κ1) is 12.4. The van der Waals surface area contributed by atoms with Crippen LogP contribution in [0.4, 0.5) is 0 Å². The van der Waals surface area contributed by atoms with Gasteiger partial charge in [0.1, 0.15) is 0 Å². The number of benzene rings is 1. The standard InChI is InChI=1S/C17H24/c1-5-12(3)16-10-13(4)17(11-14(16)6-2)15-8-7-9-15/h10-11,15H,3,5-9H2,1-2,4H3. The van der Waals surface area contributed by atoms with Gasteiger partial charge in [0, 0.05) is 0 Å². The third-order valence-electron chi connectivity index (χ3n) is 4.23. The number of rotatable bonds is 4. The molecule has 0 aromatic heterocycles. The van der Waals surface area contributed by atoms with E-state index in [-0.39, 0.29) is 0 Å². The summed E-state index contributed by atoms with van der Waals surface area (Å²) in [6, 6.07) is 4.83. The Bertz CT molecular complexity index is 422. The Labute approximate surface area is 106 Å². The minimum absolute atomic E-state index is 0.837. The predicted octanol–water partition coefficient (Wildman–Crippen LogP) is 5.25. The molecule has 1 saturated carbocycles. The molecule has 0 heterocycles. The molecular formula is C17H24. The monoisotopic (exact) mass is 228 g/mol. The summed E-state index contributed by atoms with van der Waals surface area (Å²) in [7, 11) is 0. The van der Waals surface area contributed by atoms with Crippen molar-refractivity contribution >= 4 is 5.57 Å². The van der Waals surface area contributed by atoms with Gasteiger partial charge in [0.2, 0.25) is 0 Å². The highest BCUT2D eigenvalue weighted by Crippen LogP contribution is 2.39. The molecule has 0 amide bonds. The highest BCUT2D eigenvalue weighted by atomic mass is 14.3. The van der Waals surface area contributed by atoms with Gasteiger partial charge in [-0.05, 0) is 66.4 Å². The molecule has 1 aliphatic rings. The molecule has 0 unspecified atom stereocenters. The molecule has 0 atom stereocenters. The zero-order chi connectivity index (χ0) is 12.4. The van der Waals surface area contributed by atoms with Gasteiger partial charge in [0.25, 0.3) is 0 Å². The Hall–Kier alpha value is -1.04. The number of allylic oxidation sites excluding steroid dienone is 1. The summed E-state index contributed by atoms with van der Waals surface area (Å²) in [4.78, 5) is 0. The Morgan fingerprint density at radius 2 is 2.00 bits per heavy atom. The van der Waals surface area contributed by atoms with Crippen LogP contribution >= 0.6 is 0 Å². The third-order valence-corrected chi connectivity index (χ3v) is 4.23. The fourth-order valence-corrected chi connectivity index (χ4v) is 2.74. The second kappa shape index (κ2) is 5.08. The Morgan fingerprint density at radius 1 is 1.29 bits per heavy atom. The van der Waals surface area contributed by atoms with Gasteiger partial charge in [0.05, 0.1) is 0 Å². The third kappa shape index (κ3) is 2.31. The minimum atomic E-state index is 0.837. The minimum Gasteiger partial charge on any atom is -0.0952 e. The average Bonchev–Trinajstić information content (AvgIpc) is 2.27. The van der Waals surface area contributed by atoms with E-state index in [9.17, 15) is 0 Å². The molecular weight excluding hydrogens is 204 g/mol. The Kier molecular flexibility index (Phi) is 3.71. The molecule has 0 saturated heterocycles. The van der Waals surface area contributed by atoms with Crippen molar-refractivity contribution in [2.45, 2.75) is 58.8 Å². The van der Waals surface area contributed by atoms with Crippen molar-refractivity contribution in [3.63, 3.8) is 0 Å². The molecule has 17 heavy (non-hydrogen) atoms. The van der Waals surface area contributed by atoms with Crippen molar-refractivity contribution < 1.29 is 0 Å². The molecule has 0 spiro atoms. The van der Waals surface area contributed by atoms with Gasteiger partial charge in [0.15, 0.2) is 0 Å².